The van der Waals surface area contributed by atoms with Gasteiger partial charge in [-0.15, -0.1) is 0 Å². The largest absolute Gasteiger partial charge is 0.481 e. The number of hydrogen-bond acceptors (Lipinski definition) is 4. The summed E-state index contributed by atoms with van der Waals surface area (Å²) in [5, 5.41) is 9.11. The van der Waals surface area contributed by atoms with Crippen LogP contribution in [-0.4, -0.2) is 25.6 Å². The average molecular weight is 264 g/mol. The predicted molar refractivity (Wildman–Crippen MR) is 66.4 cm³/mol. The zero-order chi connectivity index (χ0) is 14.2. The highest BCUT2D eigenvalue weighted by Gasteiger charge is 2.32. The van der Waals surface area contributed by atoms with Crippen molar-refractivity contribution in [3.63, 3.8) is 0 Å². The lowest BCUT2D eigenvalue weighted by Gasteiger charge is -2.15. The second-order valence-corrected chi connectivity index (χ2v) is 4.67. The number of aliphatic carboxylic acids is 1. The number of imidazole rings is 1. The number of nitrogens with two attached hydrogens (primary N) is 1. The molecule has 0 saturated heterocycles. The normalized spacial score (nSPS) is 11.5. The lowest BCUT2D eigenvalue weighted by molar-refractivity contribution is -0.142. The predicted octanol–water partition coefficient (Wildman–Crippen LogP) is 1.35. The zero-order valence-corrected chi connectivity index (χ0v) is 10.5. The first-order valence-electron chi connectivity index (χ1n) is 5.51. The minimum Gasteiger partial charge on any atom is -0.481 e. The van der Waals surface area contributed by atoms with E-state index in [1.807, 2.05) is 0 Å². The highest BCUT2D eigenvalue weighted by Crippen LogP contribution is 2.23. The molecular formula is C12H13FN4O2. The van der Waals surface area contributed by atoms with Crippen LogP contribution in [0.5, 0.6) is 0 Å². The van der Waals surface area contributed by atoms with Crippen molar-refractivity contribution in [1.82, 2.24) is 14.5 Å². The molecule has 0 aliphatic rings. The molecule has 3 N–H and O–H groups in total. The fourth-order valence-corrected chi connectivity index (χ4v) is 1.51. The molecule has 2 aromatic rings. The van der Waals surface area contributed by atoms with Gasteiger partial charge in [-0.2, -0.15) is 0 Å². The number of nitrogens with zero attached hydrogens (tertiary/aromatic N) is 3. The van der Waals surface area contributed by atoms with E-state index in [0.717, 1.165) is 6.07 Å². The summed E-state index contributed by atoms with van der Waals surface area (Å²) in [5.74, 6) is -1.59. The monoisotopic (exact) mass is 264 g/mol. The summed E-state index contributed by atoms with van der Waals surface area (Å²) in [6.07, 6.45) is 4.08. The van der Waals surface area contributed by atoms with Crippen LogP contribution in [0.15, 0.2) is 24.8 Å². The van der Waals surface area contributed by atoms with E-state index in [2.05, 4.69) is 9.97 Å². The second-order valence-electron chi connectivity index (χ2n) is 4.67. The van der Waals surface area contributed by atoms with E-state index in [4.69, 9.17) is 10.8 Å². The lowest BCUT2D eigenvalue weighted by Crippen LogP contribution is -2.28. The second kappa shape index (κ2) is 4.34. The van der Waals surface area contributed by atoms with Gasteiger partial charge in [-0.1, -0.05) is 0 Å². The number of aromatic nitrogens is 3. The number of carboxylic acid groups (broad SMARTS) is 1. The summed E-state index contributed by atoms with van der Waals surface area (Å²) in [6, 6.07) is 1.14. The molecule has 0 aromatic carbocycles. The van der Waals surface area contributed by atoms with Gasteiger partial charge >= 0.3 is 5.97 Å². The van der Waals surface area contributed by atoms with E-state index in [-0.39, 0.29) is 11.5 Å². The quantitative estimate of drug-likeness (QED) is 0.872. The molecule has 2 aromatic heterocycles. The molecule has 6 nitrogen and oxygen atoms in total. The fourth-order valence-electron chi connectivity index (χ4n) is 1.51. The van der Waals surface area contributed by atoms with Crippen molar-refractivity contribution in [3.8, 4) is 5.82 Å². The molecule has 2 heterocycles. The van der Waals surface area contributed by atoms with E-state index in [0.29, 0.717) is 5.69 Å². The Balaban J connectivity index is 2.44. The lowest BCUT2D eigenvalue weighted by atomic mass is 9.90. The molecule has 0 spiro atoms. The minimum absolute atomic E-state index is 0.0224. The molecule has 0 amide bonds. The SMILES string of the molecule is CC(C)(C(=O)O)c1cn(-c2ncc(N)cc2F)cn1. The third kappa shape index (κ3) is 2.26. The fraction of sp³-hybridized carbons (Fsp3) is 0.250. The molecule has 19 heavy (non-hydrogen) atoms. The van der Waals surface area contributed by atoms with E-state index >= 15 is 0 Å². The molecule has 0 aliphatic heterocycles. The van der Waals surface area contributed by atoms with E-state index in [1.54, 1.807) is 0 Å². The molecule has 0 saturated carbocycles. The number of anilines is 1. The maximum atomic E-state index is 13.7. The van der Waals surface area contributed by atoms with Crippen molar-refractivity contribution in [2.45, 2.75) is 19.3 Å². The highest BCUT2D eigenvalue weighted by molar-refractivity contribution is 5.79. The van der Waals surface area contributed by atoms with Gasteiger partial charge in [0.1, 0.15) is 11.7 Å². The highest BCUT2D eigenvalue weighted by atomic mass is 19.1. The van der Waals surface area contributed by atoms with Gasteiger partial charge in [0.2, 0.25) is 0 Å². The van der Waals surface area contributed by atoms with Gasteiger partial charge in [-0.05, 0) is 13.8 Å². The minimum atomic E-state index is -1.16. The molecule has 0 unspecified atom stereocenters. The smallest absolute Gasteiger partial charge is 0.315 e. The van der Waals surface area contributed by atoms with Crippen molar-refractivity contribution in [2.75, 3.05) is 5.73 Å². The Kier molecular flexibility index (Phi) is 2.97. The first-order chi connectivity index (χ1) is 8.82. The Labute approximate surface area is 108 Å². The number of hydrogen-bond donors (Lipinski definition) is 2. The number of pyridine rings is 1. The summed E-state index contributed by atoms with van der Waals surface area (Å²) in [6.45, 7) is 3.05. The standard InChI is InChI=1S/C12H13FN4O2/c1-12(2,11(18)19)9-5-17(6-16-9)10-8(13)3-7(14)4-15-10/h3-6H,14H2,1-2H3,(H,18,19). The van der Waals surface area contributed by atoms with Crippen LogP contribution in [-0.2, 0) is 10.2 Å². The van der Waals surface area contributed by atoms with Crippen LogP contribution >= 0.6 is 0 Å². The molecule has 2 rings (SSSR count). The topological polar surface area (TPSA) is 94.0 Å². The van der Waals surface area contributed by atoms with Crippen molar-refractivity contribution in [3.05, 3.63) is 36.3 Å². The average Bonchev–Trinajstić information content (AvgIpc) is 2.78. The molecule has 100 valence electrons. The van der Waals surface area contributed by atoms with Gasteiger partial charge < -0.3 is 10.8 Å². The van der Waals surface area contributed by atoms with Gasteiger partial charge in [0.25, 0.3) is 0 Å². The van der Waals surface area contributed by atoms with Crippen LogP contribution in [0.25, 0.3) is 5.82 Å². The van der Waals surface area contributed by atoms with Gasteiger partial charge in [-0.3, -0.25) is 9.36 Å². The van der Waals surface area contributed by atoms with Crippen LogP contribution < -0.4 is 5.73 Å². The van der Waals surface area contributed by atoms with Crippen LogP contribution in [0.4, 0.5) is 10.1 Å². The molecule has 0 aliphatic carbocycles. The van der Waals surface area contributed by atoms with Crippen molar-refractivity contribution < 1.29 is 14.3 Å². The molecule has 7 heteroatoms. The summed E-state index contributed by atoms with van der Waals surface area (Å²) in [7, 11) is 0. The Morgan fingerprint density at radius 1 is 1.47 bits per heavy atom. The van der Waals surface area contributed by atoms with Gasteiger partial charge in [0.15, 0.2) is 11.6 Å². The maximum absolute atomic E-state index is 13.7. The van der Waals surface area contributed by atoms with Crippen LogP contribution in [0.1, 0.15) is 19.5 Å². The Morgan fingerprint density at radius 2 is 2.16 bits per heavy atom. The van der Waals surface area contributed by atoms with Gasteiger partial charge in [0.05, 0.1) is 17.6 Å². The zero-order valence-electron chi connectivity index (χ0n) is 10.5. The molecule has 0 atom stereocenters. The summed E-state index contributed by atoms with van der Waals surface area (Å²) in [5.41, 5.74) is 4.79. The Morgan fingerprint density at radius 3 is 2.74 bits per heavy atom. The van der Waals surface area contributed by atoms with Crippen LogP contribution in [0, 0.1) is 5.82 Å². The van der Waals surface area contributed by atoms with E-state index in [1.165, 1.54) is 37.1 Å². The maximum Gasteiger partial charge on any atom is 0.315 e. The van der Waals surface area contributed by atoms with Crippen molar-refractivity contribution in [1.29, 1.82) is 0 Å². The summed E-state index contributed by atoms with van der Waals surface area (Å²) < 4.78 is 15.0. The summed E-state index contributed by atoms with van der Waals surface area (Å²) in [4.78, 5) is 19.0. The molecular weight excluding hydrogens is 251 g/mol. The van der Waals surface area contributed by atoms with E-state index in [9.17, 15) is 9.18 Å². The number of rotatable bonds is 3. The third-order valence-corrected chi connectivity index (χ3v) is 2.85. The molecule has 0 radical (unpaired) electrons. The van der Waals surface area contributed by atoms with Crippen LogP contribution in [0.3, 0.4) is 0 Å². The molecule has 0 bridgehead atoms. The van der Waals surface area contributed by atoms with Crippen molar-refractivity contribution in [2.24, 2.45) is 0 Å². The Hall–Kier alpha value is -2.44. The molecule has 0 fully saturated rings. The van der Waals surface area contributed by atoms with Gasteiger partial charge in [0, 0.05) is 12.3 Å². The van der Waals surface area contributed by atoms with Crippen LogP contribution in [0.2, 0.25) is 0 Å². The third-order valence-electron chi connectivity index (χ3n) is 2.85. The Bertz CT molecular complexity index is 636. The number of halogens is 1. The number of nitrogen functional groups attached to an aromatic ring is 1. The summed E-state index contributed by atoms with van der Waals surface area (Å²) >= 11 is 0. The van der Waals surface area contributed by atoms with Crippen molar-refractivity contribution >= 4 is 11.7 Å². The number of carbonyl (C=O) groups is 1. The van der Waals surface area contributed by atoms with Gasteiger partial charge in [-0.25, -0.2) is 14.4 Å². The first kappa shape index (κ1) is 13.0. The number of carboxylic acids is 1. The first-order valence-corrected chi connectivity index (χ1v) is 5.51. The van der Waals surface area contributed by atoms with E-state index < -0.39 is 17.2 Å².